The molecule has 0 aliphatic rings. The highest BCUT2D eigenvalue weighted by atomic mass is 16.4. The minimum Gasteiger partial charge on any atom is -0.476 e. The molecule has 2 aromatic heterocycles. The Morgan fingerprint density at radius 2 is 2.47 bits per heavy atom. The van der Waals surface area contributed by atoms with E-state index >= 15 is 0 Å². The normalized spacial score (nSPS) is 9.80. The van der Waals surface area contributed by atoms with E-state index in [1.165, 1.54) is 6.33 Å². The van der Waals surface area contributed by atoms with E-state index in [1.807, 2.05) is 0 Å². The number of nitrogens with zero attached hydrogens (tertiary/aromatic N) is 5. The quantitative estimate of drug-likeness (QED) is 0.722. The zero-order valence-corrected chi connectivity index (χ0v) is 7.15. The Hall–Kier alpha value is -2.69. The van der Waals surface area contributed by atoms with Gasteiger partial charge in [0.25, 0.3) is 5.82 Å². The molecule has 74 valence electrons. The highest BCUT2D eigenvalue weighted by Crippen LogP contribution is 2.06. The monoisotopic (exact) mass is 205 g/mol. The molecule has 8 nitrogen and oxygen atoms in total. The molecule has 0 unspecified atom stereocenters. The lowest BCUT2D eigenvalue weighted by Crippen LogP contribution is -1.99. The van der Waals surface area contributed by atoms with Crippen LogP contribution >= 0.6 is 0 Å². The number of nitriles is 1. The number of rotatable bonds is 2. The summed E-state index contributed by atoms with van der Waals surface area (Å²) in [5.41, 5.74) is -0.237. The molecule has 15 heavy (non-hydrogen) atoms. The summed E-state index contributed by atoms with van der Waals surface area (Å²) in [6, 6.07) is 1.66. The van der Waals surface area contributed by atoms with Crippen LogP contribution in [-0.4, -0.2) is 30.8 Å². The number of carboxylic acids is 1. The first kappa shape index (κ1) is 8.89. The maximum atomic E-state index is 10.5. The van der Waals surface area contributed by atoms with Gasteiger partial charge in [0.15, 0.2) is 5.69 Å². The first-order valence-electron chi connectivity index (χ1n) is 3.71. The average molecular weight is 205 g/mol. The van der Waals surface area contributed by atoms with E-state index in [1.54, 1.807) is 6.07 Å². The van der Waals surface area contributed by atoms with E-state index in [0.29, 0.717) is 0 Å². The van der Waals surface area contributed by atoms with E-state index in [2.05, 4.69) is 15.1 Å². The number of hydrogen-bond acceptors (Lipinski definition) is 6. The Kier molecular flexibility index (Phi) is 1.91. The zero-order valence-electron chi connectivity index (χ0n) is 7.15. The van der Waals surface area contributed by atoms with Crippen molar-refractivity contribution in [1.82, 2.24) is 19.7 Å². The molecular weight excluding hydrogens is 202 g/mol. The Bertz CT molecular complexity index is 549. The molecule has 0 amide bonds. The van der Waals surface area contributed by atoms with Crippen LogP contribution in [0.5, 0.6) is 0 Å². The van der Waals surface area contributed by atoms with Crippen LogP contribution < -0.4 is 0 Å². The van der Waals surface area contributed by atoms with Crippen LogP contribution in [0.25, 0.3) is 6.01 Å². The molecule has 2 rings (SSSR count). The minimum atomic E-state index is -1.20. The fourth-order valence-electron chi connectivity index (χ4n) is 0.874. The second-order valence-corrected chi connectivity index (χ2v) is 2.45. The van der Waals surface area contributed by atoms with Gasteiger partial charge in [-0.15, -0.1) is 5.10 Å². The smallest absolute Gasteiger partial charge is 0.357 e. The van der Waals surface area contributed by atoms with Gasteiger partial charge in [0, 0.05) is 0 Å². The maximum absolute atomic E-state index is 10.5. The second kappa shape index (κ2) is 3.22. The Balaban J connectivity index is 2.38. The van der Waals surface area contributed by atoms with Crippen molar-refractivity contribution in [2.45, 2.75) is 0 Å². The van der Waals surface area contributed by atoms with Gasteiger partial charge >= 0.3 is 12.0 Å². The minimum absolute atomic E-state index is 0.0509. The summed E-state index contributed by atoms with van der Waals surface area (Å²) in [6.07, 6.45) is 2.18. The van der Waals surface area contributed by atoms with Crippen molar-refractivity contribution in [3.8, 4) is 12.1 Å². The zero-order chi connectivity index (χ0) is 10.8. The second-order valence-electron chi connectivity index (χ2n) is 2.45. The summed E-state index contributed by atoms with van der Waals surface area (Å²) in [5.74, 6) is -1.25. The SMILES string of the molecule is N#Cc1ncn(-c2nc(C(=O)O)co2)n1. The third kappa shape index (κ3) is 1.53. The van der Waals surface area contributed by atoms with E-state index in [-0.39, 0.29) is 17.5 Å². The number of aromatic nitrogens is 4. The molecule has 2 heterocycles. The number of hydrogen-bond donors (Lipinski definition) is 1. The molecule has 8 heteroatoms. The Morgan fingerprint density at radius 3 is 3.00 bits per heavy atom. The third-order valence-corrected chi connectivity index (χ3v) is 1.50. The fourth-order valence-corrected chi connectivity index (χ4v) is 0.874. The summed E-state index contributed by atoms with van der Waals surface area (Å²) >= 11 is 0. The van der Waals surface area contributed by atoms with Gasteiger partial charge in [-0.3, -0.25) is 0 Å². The first-order valence-corrected chi connectivity index (χ1v) is 3.71. The summed E-state index contributed by atoms with van der Waals surface area (Å²) in [7, 11) is 0. The molecule has 0 fully saturated rings. The lowest BCUT2D eigenvalue weighted by atomic mass is 10.5. The molecule has 0 aromatic carbocycles. The van der Waals surface area contributed by atoms with Crippen LogP contribution in [0.1, 0.15) is 16.3 Å². The van der Waals surface area contributed by atoms with Crippen molar-refractivity contribution in [2.75, 3.05) is 0 Å². The Labute approximate surface area is 82.4 Å². The number of aromatic carboxylic acids is 1. The van der Waals surface area contributed by atoms with E-state index < -0.39 is 5.97 Å². The molecule has 0 atom stereocenters. The van der Waals surface area contributed by atoms with Gasteiger partial charge in [-0.2, -0.15) is 14.9 Å². The third-order valence-electron chi connectivity index (χ3n) is 1.50. The van der Waals surface area contributed by atoms with E-state index in [4.69, 9.17) is 14.8 Å². The maximum Gasteiger partial charge on any atom is 0.357 e. The van der Waals surface area contributed by atoms with Gasteiger partial charge in [0.05, 0.1) is 0 Å². The largest absolute Gasteiger partial charge is 0.476 e. The molecule has 0 aliphatic carbocycles. The predicted octanol–water partition coefficient (Wildman–Crippen LogP) is -0.175. The van der Waals surface area contributed by atoms with Crippen LogP contribution in [0.4, 0.5) is 0 Å². The molecule has 0 spiro atoms. The van der Waals surface area contributed by atoms with Crippen LogP contribution in [0.2, 0.25) is 0 Å². The van der Waals surface area contributed by atoms with Gasteiger partial charge in [-0.1, -0.05) is 0 Å². The summed E-state index contributed by atoms with van der Waals surface area (Å²) in [4.78, 5) is 17.7. The van der Waals surface area contributed by atoms with Crippen LogP contribution in [-0.2, 0) is 0 Å². The van der Waals surface area contributed by atoms with Crippen molar-refractivity contribution in [3.63, 3.8) is 0 Å². The van der Waals surface area contributed by atoms with E-state index in [0.717, 1.165) is 10.9 Å². The Morgan fingerprint density at radius 1 is 1.67 bits per heavy atom. The van der Waals surface area contributed by atoms with Crippen molar-refractivity contribution in [2.24, 2.45) is 0 Å². The van der Waals surface area contributed by atoms with Gasteiger partial charge in [0.2, 0.25) is 0 Å². The molecule has 0 saturated heterocycles. The van der Waals surface area contributed by atoms with Crippen molar-refractivity contribution in [1.29, 1.82) is 5.26 Å². The highest BCUT2D eigenvalue weighted by molar-refractivity contribution is 5.84. The van der Waals surface area contributed by atoms with Gasteiger partial charge in [-0.05, 0) is 0 Å². The molecule has 2 aromatic rings. The molecule has 0 bridgehead atoms. The topological polar surface area (TPSA) is 118 Å². The predicted molar refractivity (Wildman–Crippen MR) is 43.1 cm³/mol. The van der Waals surface area contributed by atoms with Gasteiger partial charge in [0.1, 0.15) is 18.7 Å². The van der Waals surface area contributed by atoms with Crippen LogP contribution in [0.3, 0.4) is 0 Å². The summed E-state index contributed by atoms with van der Waals surface area (Å²) in [5, 5.41) is 20.7. The average Bonchev–Trinajstić information content (AvgIpc) is 2.86. The molecule has 0 aliphatic heterocycles. The van der Waals surface area contributed by atoms with Gasteiger partial charge in [-0.25, -0.2) is 9.78 Å². The standard InChI is InChI=1S/C7H3N5O3/c8-1-5-9-3-12(11-5)7-10-4(2-15-7)6(13)14/h2-3H,(H,13,14). The summed E-state index contributed by atoms with van der Waals surface area (Å²) in [6.45, 7) is 0. The van der Waals surface area contributed by atoms with Crippen molar-refractivity contribution < 1.29 is 14.3 Å². The van der Waals surface area contributed by atoms with E-state index in [9.17, 15) is 4.79 Å². The lowest BCUT2D eigenvalue weighted by Gasteiger charge is -1.88. The molecule has 0 radical (unpaired) electrons. The van der Waals surface area contributed by atoms with Crippen molar-refractivity contribution in [3.05, 3.63) is 24.1 Å². The highest BCUT2D eigenvalue weighted by Gasteiger charge is 2.12. The number of carbonyl (C=O) groups is 1. The van der Waals surface area contributed by atoms with Crippen LogP contribution in [0, 0.1) is 11.3 Å². The number of carboxylic acid groups (broad SMARTS) is 1. The first-order chi connectivity index (χ1) is 7.20. The fraction of sp³-hybridized carbons (Fsp3) is 0. The molecular formula is C7H3N5O3. The summed E-state index contributed by atoms with van der Waals surface area (Å²) < 4.78 is 5.90. The molecule has 0 saturated carbocycles. The van der Waals surface area contributed by atoms with Crippen molar-refractivity contribution >= 4 is 5.97 Å². The number of oxazole rings is 1. The van der Waals surface area contributed by atoms with Gasteiger partial charge < -0.3 is 9.52 Å². The lowest BCUT2D eigenvalue weighted by molar-refractivity contribution is 0.0690. The molecule has 1 N–H and O–H groups in total. The van der Waals surface area contributed by atoms with Crippen LogP contribution in [0.15, 0.2) is 17.0 Å².